The highest BCUT2D eigenvalue weighted by Gasteiger charge is 2.10. The van der Waals surface area contributed by atoms with Crippen LogP contribution in [0, 0.1) is 11.3 Å². The average molecular weight is 383 g/mol. The molecule has 0 spiro atoms. The average Bonchev–Trinajstić information content (AvgIpc) is 3.10. The van der Waals surface area contributed by atoms with E-state index in [-0.39, 0.29) is 12.5 Å². The first-order valence-electron chi connectivity index (χ1n) is 8.87. The monoisotopic (exact) mass is 383 g/mol. The number of benzene rings is 2. The van der Waals surface area contributed by atoms with Gasteiger partial charge < -0.3 is 16.4 Å². The van der Waals surface area contributed by atoms with Crippen molar-refractivity contribution in [3.63, 3.8) is 0 Å². The number of hydrogen-bond donors (Lipinski definition) is 4. The zero-order valence-corrected chi connectivity index (χ0v) is 15.3. The topological polar surface area (TPSA) is 133 Å². The van der Waals surface area contributed by atoms with Gasteiger partial charge in [-0.3, -0.25) is 10.1 Å². The third-order valence-corrected chi connectivity index (χ3v) is 4.41. The summed E-state index contributed by atoms with van der Waals surface area (Å²) in [6, 6.07) is 18.3. The van der Waals surface area contributed by atoms with Gasteiger partial charge in [-0.15, -0.1) is 0 Å². The van der Waals surface area contributed by atoms with Crippen LogP contribution in [0.1, 0.15) is 5.69 Å². The lowest BCUT2D eigenvalue weighted by Crippen LogP contribution is -2.19. The van der Waals surface area contributed by atoms with Gasteiger partial charge >= 0.3 is 6.03 Å². The highest BCUT2D eigenvalue weighted by Crippen LogP contribution is 2.31. The molecule has 8 nitrogen and oxygen atoms in total. The van der Waals surface area contributed by atoms with Gasteiger partial charge in [0.2, 0.25) is 0 Å². The highest BCUT2D eigenvalue weighted by atomic mass is 16.2. The first-order chi connectivity index (χ1) is 14.1. The molecule has 0 unspecified atom stereocenters. The summed E-state index contributed by atoms with van der Waals surface area (Å²) in [5, 5.41) is 22.1. The zero-order chi connectivity index (χ0) is 20.2. The molecule has 142 valence electrons. The molecule has 2 aromatic carbocycles. The van der Waals surface area contributed by atoms with Crippen LogP contribution >= 0.6 is 0 Å². The number of carbonyl (C=O) groups is 1. The summed E-state index contributed by atoms with van der Waals surface area (Å²) >= 11 is 0. The molecule has 0 saturated heterocycles. The van der Waals surface area contributed by atoms with E-state index < -0.39 is 0 Å². The maximum atomic E-state index is 12.3. The molecule has 2 heterocycles. The van der Waals surface area contributed by atoms with Gasteiger partial charge in [0.25, 0.3) is 0 Å². The van der Waals surface area contributed by atoms with E-state index in [2.05, 4.69) is 25.8 Å². The number of nitrogens with zero attached hydrogens (tertiary/aromatic N) is 3. The molecule has 0 fully saturated rings. The molecular weight excluding hydrogens is 366 g/mol. The number of nitrogens with two attached hydrogens (primary N) is 1. The zero-order valence-electron chi connectivity index (χ0n) is 15.3. The van der Waals surface area contributed by atoms with Crippen LogP contribution in [0.3, 0.4) is 0 Å². The van der Waals surface area contributed by atoms with E-state index in [0.29, 0.717) is 22.9 Å². The van der Waals surface area contributed by atoms with E-state index in [1.54, 1.807) is 18.3 Å². The highest BCUT2D eigenvalue weighted by molar-refractivity contribution is 6.02. The quantitative estimate of drug-likeness (QED) is 0.424. The third-order valence-electron chi connectivity index (χ3n) is 4.41. The number of rotatable bonds is 4. The Hall–Kier alpha value is -4.38. The van der Waals surface area contributed by atoms with Crippen molar-refractivity contribution >= 4 is 34.1 Å². The van der Waals surface area contributed by atoms with Crippen LogP contribution in [0.4, 0.5) is 22.0 Å². The Morgan fingerprint density at radius 2 is 1.90 bits per heavy atom. The Labute approximate surface area is 166 Å². The number of H-pyrrole nitrogens is 1. The third kappa shape index (κ3) is 3.84. The Balaban J connectivity index is 1.48. The number of nitriles is 1. The van der Waals surface area contributed by atoms with Crippen molar-refractivity contribution in [3.8, 4) is 17.2 Å². The van der Waals surface area contributed by atoms with Crippen molar-refractivity contribution in [2.45, 2.75) is 6.42 Å². The molecule has 0 aliphatic heterocycles. The Bertz CT molecular complexity index is 1220. The van der Waals surface area contributed by atoms with Gasteiger partial charge in [-0.1, -0.05) is 24.3 Å². The van der Waals surface area contributed by atoms with E-state index in [4.69, 9.17) is 11.0 Å². The Morgan fingerprint density at radius 1 is 1.10 bits per heavy atom. The second kappa shape index (κ2) is 7.70. The predicted octanol–water partition coefficient (Wildman–Crippen LogP) is 3.92. The molecule has 4 aromatic rings. The van der Waals surface area contributed by atoms with E-state index in [1.165, 1.54) is 0 Å². The molecule has 2 amide bonds. The smallest absolute Gasteiger partial charge is 0.323 e. The summed E-state index contributed by atoms with van der Waals surface area (Å²) in [6.45, 7) is 0. The number of carbonyl (C=O) groups excluding carboxylic acids is 1. The number of anilines is 3. The summed E-state index contributed by atoms with van der Waals surface area (Å²) in [5.74, 6) is 0.449. The fourth-order valence-electron chi connectivity index (χ4n) is 3.10. The van der Waals surface area contributed by atoms with E-state index in [0.717, 1.165) is 22.0 Å². The van der Waals surface area contributed by atoms with Crippen LogP contribution in [-0.2, 0) is 6.42 Å². The maximum Gasteiger partial charge on any atom is 0.323 e. The van der Waals surface area contributed by atoms with Gasteiger partial charge in [0.1, 0.15) is 0 Å². The standard InChI is InChI=1S/C21H17N7O/c22-10-8-15-12-16(9-11-24-15)26-21(29)25-14-6-4-13(5-7-14)17-2-1-3-18-19(17)20(23)28-27-18/h1-7,9,11-12H,8H2,(H3,23,27,28)(H2,24,25,26,29). The molecular formula is C21H17N7O. The largest absolute Gasteiger partial charge is 0.382 e. The Morgan fingerprint density at radius 3 is 2.69 bits per heavy atom. The number of hydrogen-bond acceptors (Lipinski definition) is 5. The number of fused-ring (bicyclic) bond motifs is 1. The SMILES string of the molecule is N#CCc1cc(NC(=O)Nc2ccc(-c3cccc4[nH]nc(N)c34)cc2)ccn1. The summed E-state index contributed by atoms with van der Waals surface area (Å²) in [7, 11) is 0. The van der Waals surface area contributed by atoms with Crippen molar-refractivity contribution < 1.29 is 4.79 Å². The van der Waals surface area contributed by atoms with Gasteiger partial charge in [0.05, 0.1) is 29.1 Å². The van der Waals surface area contributed by atoms with E-state index in [9.17, 15) is 4.79 Å². The number of aromatic nitrogens is 3. The first-order valence-corrected chi connectivity index (χ1v) is 8.87. The van der Waals surface area contributed by atoms with Gasteiger partial charge in [0.15, 0.2) is 5.82 Å². The molecule has 0 aliphatic rings. The number of urea groups is 1. The molecule has 4 rings (SSSR count). The molecule has 5 N–H and O–H groups in total. The van der Waals surface area contributed by atoms with Gasteiger partial charge in [-0.05, 0) is 41.5 Å². The molecule has 0 saturated carbocycles. The van der Waals surface area contributed by atoms with Crippen molar-refractivity contribution in [1.82, 2.24) is 15.2 Å². The van der Waals surface area contributed by atoms with Gasteiger partial charge in [0, 0.05) is 17.6 Å². The van der Waals surface area contributed by atoms with Crippen LogP contribution < -0.4 is 16.4 Å². The minimum Gasteiger partial charge on any atom is -0.382 e. The van der Waals surface area contributed by atoms with E-state index in [1.807, 2.05) is 48.5 Å². The van der Waals surface area contributed by atoms with Gasteiger partial charge in [-0.25, -0.2) is 4.79 Å². The minimum absolute atomic E-state index is 0.187. The lowest BCUT2D eigenvalue weighted by molar-refractivity contribution is 0.262. The van der Waals surface area contributed by atoms with Crippen LogP contribution in [-0.4, -0.2) is 21.2 Å². The van der Waals surface area contributed by atoms with Crippen LogP contribution in [0.25, 0.3) is 22.0 Å². The van der Waals surface area contributed by atoms with Crippen molar-refractivity contribution in [2.24, 2.45) is 0 Å². The van der Waals surface area contributed by atoms with Crippen molar-refractivity contribution in [3.05, 3.63) is 66.5 Å². The second-order valence-electron chi connectivity index (χ2n) is 6.36. The lowest BCUT2D eigenvalue weighted by Gasteiger charge is -2.09. The molecule has 0 radical (unpaired) electrons. The van der Waals surface area contributed by atoms with Crippen molar-refractivity contribution in [2.75, 3.05) is 16.4 Å². The number of nitrogens with one attached hydrogen (secondary N) is 3. The molecule has 0 aliphatic carbocycles. The van der Waals surface area contributed by atoms with Crippen LogP contribution in [0.15, 0.2) is 60.8 Å². The number of amides is 2. The molecule has 0 bridgehead atoms. The van der Waals surface area contributed by atoms with Crippen LogP contribution in [0.2, 0.25) is 0 Å². The molecule has 0 atom stereocenters. The summed E-state index contributed by atoms with van der Waals surface area (Å²) in [6.07, 6.45) is 1.74. The molecule has 2 aromatic heterocycles. The second-order valence-corrected chi connectivity index (χ2v) is 6.36. The predicted molar refractivity (Wildman–Crippen MR) is 112 cm³/mol. The molecule has 8 heteroatoms. The Kier molecular flexibility index (Phi) is 4.78. The fraction of sp³-hybridized carbons (Fsp3) is 0.0476. The van der Waals surface area contributed by atoms with E-state index >= 15 is 0 Å². The van der Waals surface area contributed by atoms with Gasteiger partial charge in [-0.2, -0.15) is 10.4 Å². The lowest BCUT2D eigenvalue weighted by atomic mass is 10.0. The maximum absolute atomic E-state index is 12.3. The number of aromatic amines is 1. The summed E-state index contributed by atoms with van der Waals surface area (Å²) in [5.41, 5.74) is 10.6. The van der Waals surface area contributed by atoms with Crippen LogP contribution in [0.5, 0.6) is 0 Å². The number of nitrogen functional groups attached to an aromatic ring is 1. The summed E-state index contributed by atoms with van der Waals surface area (Å²) in [4.78, 5) is 16.3. The first kappa shape index (κ1) is 18.0. The van der Waals surface area contributed by atoms with Crippen molar-refractivity contribution in [1.29, 1.82) is 5.26 Å². The minimum atomic E-state index is -0.381. The fourth-order valence-corrected chi connectivity index (χ4v) is 3.10. The number of pyridine rings is 1. The molecule has 29 heavy (non-hydrogen) atoms. The normalized spacial score (nSPS) is 10.4. The summed E-state index contributed by atoms with van der Waals surface area (Å²) < 4.78 is 0.